The molecule has 0 aliphatic heterocycles. The highest BCUT2D eigenvalue weighted by molar-refractivity contribution is 9.10. The van der Waals surface area contributed by atoms with Crippen LogP contribution >= 0.6 is 15.9 Å². The van der Waals surface area contributed by atoms with Crippen LogP contribution in [0.3, 0.4) is 0 Å². The van der Waals surface area contributed by atoms with Crippen LogP contribution in [0.2, 0.25) is 0 Å². The third-order valence-electron chi connectivity index (χ3n) is 2.88. The number of rotatable bonds is 4. The van der Waals surface area contributed by atoms with Gasteiger partial charge in [0.05, 0.1) is 22.4 Å². The van der Waals surface area contributed by atoms with E-state index in [-0.39, 0.29) is 11.9 Å². The number of hydrogen-bond donors (Lipinski definition) is 1. The first-order valence-corrected chi connectivity index (χ1v) is 6.60. The van der Waals surface area contributed by atoms with Gasteiger partial charge in [0, 0.05) is 6.54 Å². The zero-order chi connectivity index (χ0) is 13.1. The lowest BCUT2D eigenvalue weighted by molar-refractivity contribution is 0.557. The summed E-state index contributed by atoms with van der Waals surface area (Å²) in [6.07, 6.45) is 1.77. The molecule has 0 aliphatic carbocycles. The van der Waals surface area contributed by atoms with Gasteiger partial charge >= 0.3 is 0 Å². The van der Waals surface area contributed by atoms with Crippen molar-refractivity contribution in [2.24, 2.45) is 0 Å². The van der Waals surface area contributed by atoms with E-state index in [9.17, 15) is 4.39 Å². The van der Waals surface area contributed by atoms with Crippen LogP contribution in [0.4, 0.5) is 4.39 Å². The van der Waals surface area contributed by atoms with Crippen LogP contribution in [-0.2, 0) is 6.54 Å². The van der Waals surface area contributed by atoms with Crippen molar-refractivity contribution in [3.8, 4) is 0 Å². The minimum Gasteiger partial charge on any atom is -0.308 e. The molecule has 0 spiro atoms. The van der Waals surface area contributed by atoms with Crippen LogP contribution in [0.5, 0.6) is 0 Å². The fourth-order valence-corrected chi connectivity index (χ4v) is 2.58. The molecule has 0 saturated heterocycles. The number of benzene rings is 1. The maximum atomic E-state index is 13.3. The summed E-state index contributed by atoms with van der Waals surface area (Å²) in [5.41, 5.74) is 1.89. The molecule has 0 amide bonds. The topological polar surface area (TPSA) is 29.9 Å². The SMILES string of the molecule is CCn1ncc(Br)c1C(NC)c1cccc(F)c1. The average Bonchev–Trinajstić information content (AvgIpc) is 2.72. The van der Waals surface area contributed by atoms with Crippen molar-refractivity contribution < 1.29 is 4.39 Å². The fraction of sp³-hybridized carbons (Fsp3) is 0.308. The first-order chi connectivity index (χ1) is 8.67. The van der Waals surface area contributed by atoms with E-state index in [0.717, 1.165) is 22.3 Å². The van der Waals surface area contributed by atoms with Crippen molar-refractivity contribution in [3.63, 3.8) is 0 Å². The molecule has 1 aromatic carbocycles. The zero-order valence-corrected chi connectivity index (χ0v) is 11.9. The van der Waals surface area contributed by atoms with Crippen LogP contribution in [-0.4, -0.2) is 16.8 Å². The second kappa shape index (κ2) is 5.63. The Kier molecular flexibility index (Phi) is 4.14. The van der Waals surface area contributed by atoms with E-state index in [2.05, 4.69) is 26.3 Å². The second-order valence-corrected chi connectivity index (χ2v) is 4.82. The lowest BCUT2D eigenvalue weighted by atomic mass is 10.0. The van der Waals surface area contributed by atoms with E-state index >= 15 is 0 Å². The van der Waals surface area contributed by atoms with Gasteiger partial charge in [0.2, 0.25) is 0 Å². The molecule has 1 unspecified atom stereocenters. The van der Waals surface area contributed by atoms with Crippen LogP contribution < -0.4 is 5.32 Å². The Labute approximate surface area is 114 Å². The van der Waals surface area contributed by atoms with Gasteiger partial charge in [0.1, 0.15) is 5.82 Å². The molecule has 1 atom stereocenters. The lowest BCUT2D eigenvalue weighted by Gasteiger charge is -2.18. The molecule has 3 nitrogen and oxygen atoms in total. The molecule has 5 heteroatoms. The molecule has 2 aromatic rings. The van der Waals surface area contributed by atoms with Crippen molar-refractivity contribution in [1.82, 2.24) is 15.1 Å². The third kappa shape index (κ3) is 2.47. The Morgan fingerprint density at radius 1 is 1.50 bits per heavy atom. The van der Waals surface area contributed by atoms with E-state index in [1.807, 2.05) is 24.7 Å². The Morgan fingerprint density at radius 2 is 2.28 bits per heavy atom. The maximum absolute atomic E-state index is 13.3. The highest BCUT2D eigenvalue weighted by Gasteiger charge is 2.20. The van der Waals surface area contributed by atoms with Crippen molar-refractivity contribution in [1.29, 1.82) is 0 Å². The smallest absolute Gasteiger partial charge is 0.123 e. The monoisotopic (exact) mass is 311 g/mol. The summed E-state index contributed by atoms with van der Waals surface area (Å²) in [6, 6.07) is 6.53. The van der Waals surface area contributed by atoms with Gasteiger partial charge in [-0.05, 0) is 47.6 Å². The quantitative estimate of drug-likeness (QED) is 0.940. The van der Waals surface area contributed by atoms with Crippen molar-refractivity contribution >= 4 is 15.9 Å². The van der Waals surface area contributed by atoms with Crippen molar-refractivity contribution in [2.45, 2.75) is 19.5 Å². The summed E-state index contributed by atoms with van der Waals surface area (Å²) >= 11 is 3.50. The standard InChI is InChI=1S/C13H15BrFN3/c1-3-18-13(11(14)8-17-18)12(16-2)9-5-4-6-10(15)7-9/h4-8,12,16H,3H2,1-2H3. The number of aromatic nitrogens is 2. The van der Waals surface area contributed by atoms with Gasteiger partial charge in [-0.2, -0.15) is 5.10 Å². The minimum absolute atomic E-state index is 0.0856. The molecule has 0 aliphatic rings. The molecule has 2 rings (SSSR count). The highest BCUT2D eigenvalue weighted by Crippen LogP contribution is 2.28. The lowest BCUT2D eigenvalue weighted by Crippen LogP contribution is -2.22. The van der Waals surface area contributed by atoms with Crippen molar-refractivity contribution in [2.75, 3.05) is 7.05 Å². The summed E-state index contributed by atoms with van der Waals surface area (Å²) < 4.78 is 16.1. The van der Waals surface area contributed by atoms with E-state index in [4.69, 9.17) is 0 Å². The van der Waals surface area contributed by atoms with E-state index in [1.165, 1.54) is 6.07 Å². The molecule has 1 aromatic heterocycles. The number of nitrogens with zero attached hydrogens (tertiary/aromatic N) is 2. The van der Waals surface area contributed by atoms with Gasteiger partial charge in [-0.3, -0.25) is 4.68 Å². The summed E-state index contributed by atoms with van der Waals surface area (Å²) in [5, 5.41) is 7.49. The summed E-state index contributed by atoms with van der Waals surface area (Å²) in [7, 11) is 1.86. The highest BCUT2D eigenvalue weighted by atomic mass is 79.9. The van der Waals surface area contributed by atoms with Gasteiger partial charge in [-0.1, -0.05) is 12.1 Å². The van der Waals surface area contributed by atoms with Crippen molar-refractivity contribution in [3.05, 3.63) is 52.0 Å². The molecule has 0 radical (unpaired) electrons. The zero-order valence-electron chi connectivity index (χ0n) is 10.3. The molecule has 18 heavy (non-hydrogen) atoms. The Bertz CT molecular complexity index is 539. The molecule has 0 fully saturated rings. The maximum Gasteiger partial charge on any atom is 0.123 e. The van der Waals surface area contributed by atoms with Crippen LogP contribution in [0, 0.1) is 5.82 Å². The largest absolute Gasteiger partial charge is 0.308 e. The average molecular weight is 312 g/mol. The Morgan fingerprint density at radius 3 is 2.89 bits per heavy atom. The van der Waals surface area contributed by atoms with Gasteiger partial charge in [-0.15, -0.1) is 0 Å². The van der Waals surface area contributed by atoms with Gasteiger partial charge in [0.25, 0.3) is 0 Å². The summed E-state index contributed by atoms with van der Waals surface area (Å²) in [6.45, 7) is 2.80. The molecular formula is C13H15BrFN3. The van der Waals surface area contributed by atoms with E-state index in [1.54, 1.807) is 18.3 Å². The summed E-state index contributed by atoms with van der Waals surface area (Å²) in [5.74, 6) is -0.230. The van der Waals surface area contributed by atoms with E-state index < -0.39 is 0 Å². The Hall–Kier alpha value is -1.20. The van der Waals surface area contributed by atoms with Crippen LogP contribution in [0.15, 0.2) is 34.9 Å². The minimum atomic E-state index is -0.230. The van der Waals surface area contributed by atoms with Gasteiger partial charge < -0.3 is 5.32 Å². The number of hydrogen-bond acceptors (Lipinski definition) is 2. The first-order valence-electron chi connectivity index (χ1n) is 5.81. The van der Waals surface area contributed by atoms with Crippen LogP contribution in [0.1, 0.15) is 24.2 Å². The number of halogens is 2. The second-order valence-electron chi connectivity index (χ2n) is 3.97. The number of aryl methyl sites for hydroxylation is 1. The molecular weight excluding hydrogens is 297 g/mol. The molecule has 0 bridgehead atoms. The first kappa shape index (κ1) is 13.2. The molecule has 96 valence electrons. The summed E-state index contributed by atoms with van der Waals surface area (Å²) in [4.78, 5) is 0. The predicted molar refractivity (Wildman–Crippen MR) is 72.9 cm³/mol. The van der Waals surface area contributed by atoms with E-state index in [0.29, 0.717) is 0 Å². The number of nitrogens with one attached hydrogen (secondary N) is 1. The van der Waals surface area contributed by atoms with Gasteiger partial charge in [0.15, 0.2) is 0 Å². The fourth-order valence-electron chi connectivity index (χ4n) is 2.06. The van der Waals surface area contributed by atoms with Gasteiger partial charge in [-0.25, -0.2) is 4.39 Å². The van der Waals surface area contributed by atoms with Crippen LogP contribution in [0.25, 0.3) is 0 Å². The normalized spacial score (nSPS) is 12.7. The third-order valence-corrected chi connectivity index (χ3v) is 3.49. The Balaban J connectivity index is 2.48. The predicted octanol–water partition coefficient (Wildman–Crippen LogP) is 3.11. The molecule has 1 N–H and O–H groups in total. The molecule has 0 saturated carbocycles. The molecule has 1 heterocycles.